The molecule has 0 N–H and O–H groups in total. The molecule has 6 heteroatoms. The summed E-state index contributed by atoms with van der Waals surface area (Å²) in [5.41, 5.74) is 2.38. The molecule has 0 bridgehead atoms. The highest BCUT2D eigenvalue weighted by atomic mass is 35.5. The fourth-order valence-corrected chi connectivity index (χ4v) is 5.17. The fourth-order valence-electron chi connectivity index (χ4n) is 3.91. The summed E-state index contributed by atoms with van der Waals surface area (Å²) in [6.07, 6.45) is 2.46. The number of ether oxygens (including phenoxy) is 1. The molecule has 1 aromatic carbocycles. The van der Waals surface area contributed by atoms with Gasteiger partial charge in [0.15, 0.2) is 0 Å². The van der Waals surface area contributed by atoms with Crippen LogP contribution in [0.4, 0.5) is 5.82 Å². The van der Waals surface area contributed by atoms with E-state index in [9.17, 15) is 0 Å². The van der Waals surface area contributed by atoms with E-state index in [2.05, 4.69) is 40.8 Å². The number of nitrogens with zero attached hydrogens (tertiary/aromatic N) is 3. The lowest BCUT2D eigenvalue weighted by molar-refractivity contribution is 0.340. The zero-order valence-corrected chi connectivity index (χ0v) is 17.5. The normalized spacial score (nSPS) is 17.5. The van der Waals surface area contributed by atoms with Crippen molar-refractivity contribution in [3.63, 3.8) is 0 Å². The molecule has 0 aliphatic carbocycles. The van der Waals surface area contributed by atoms with E-state index in [0.29, 0.717) is 17.8 Å². The summed E-state index contributed by atoms with van der Waals surface area (Å²) in [6, 6.07) is 8.30. The van der Waals surface area contributed by atoms with Crippen molar-refractivity contribution in [3.8, 4) is 16.9 Å². The van der Waals surface area contributed by atoms with Gasteiger partial charge in [0.2, 0.25) is 5.28 Å². The van der Waals surface area contributed by atoms with Crippen LogP contribution >= 0.6 is 22.9 Å². The van der Waals surface area contributed by atoms with Gasteiger partial charge < -0.3 is 9.64 Å². The summed E-state index contributed by atoms with van der Waals surface area (Å²) in [6.45, 7) is 9.15. The number of benzene rings is 1. The second-order valence-electron chi connectivity index (χ2n) is 7.18. The Labute approximate surface area is 169 Å². The van der Waals surface area contributed by atoms with Gasteiger partial charge in [0.1, 0.15) is 16.4 Å². The van der Waals surface area contributed by atoms with Crippen molar-refractivity contribution >= 4 is 39.0 Å². The Kier molecular flexibility index (Phi) is 5.24. The smallest absolute Gasteiger partial charge is 0.225 e. The first-order chi connectivity index (χ1) is 13.1. The molecule has 3 aromatic rings. The lowest BCUT2D eigenvalue weighted by Crippen LogP contribution is -2.35. The molecule has 1 saturated heterocycles. The number of anilines is 1. The summed E-state index contributed by atoms with van der Waals surface area (Å²) >= 11 is 7.97. The quantitative estimate of drug-likeness (QED) is 0.506. The number of piperidine rings is 1. The van der Waals surface area contributed by atoms with Crippen molar-refractivity contribution in [3.05, 3.63) is 34.4 Å². The molecule has 0 radical (unpaired) electrons. The standard InChI is InChI=1S/C21H24ClN3OS/c1-4-26-16-9-7-15(8-10-16)17-14(3)27-20-18(17)19(23-21(22)24-20)25-11-5-6-13(2)12-25/h7-10,13H,4-6,11-12H2,1-3H3. The van der Waals surface area contributed by atoms with Crippen molar-refractivity contribution in [2.24, 2.45) is 5.92 Å². The van der Waals surface area contributed by atoms with E-state index in [0.717, 1.165) is 34.9 Å². The van der Waals surface area contributed by atoms with E-state index in [1.165, 1.54) is 28.8 Å². The minimum absolute atomic E-state index is 0.329. The number of rotatable bonds is 4. The molecule has 1 aliphatic rings. The molecular formula is C21H24ClN3OS. The molecule has 27 heavy (non-hydrogen) atoms. The first-order valence-electron chi connectivity index (χ1n) is 9.51. The van der Waals surface area contributed by atoms with Crippen LogP contribution in [0.2, 0.25) is 5.28 Å². The van der Waals surface area contributed by atoms with Gasteiger partial charge in [-0.2, -0.15) is 4.98 Å². The molecule has 4 nitrogen and oxygen atoms in total. The van der Waals surface area contributed by atoms with E-state index in [1.54, 1.807) is 11.3 Å². The van der Waals surface area contributed by atoms with Crippen LogP contribution < -0.4 is 9.64 Å². The van der Waals surface area contributed by atoms with Gasteiger partial charge in [-0.3, -0.25) is 0 Å². The van der Waals surface area contributed by atoms with Gasteiger partial charge in [-0.15, -0.1) is 11.3 Å². The van der Waals surface area contributed by atoms with Gasteiger partial charge in [0.25, 0.3) is 0 Å². The average Bonchev–Trinajstić information content (AvgIpc) is 2.97. The van der Waals surface area contributed by atoms with Gasteiger partial charge in [-0.1, -0.05) is 19.1 Å². The zero-order valence-electron chi connectivity index (χ0n) is 16.0. The molecular weight excluding hydrogens is 378 g/mol. The monoisotopic (exact) mass is 401 g/mol. The van der Waals surface area contributed by atoms with Crippen LogP contribution in [0.3, 0.4) is 0 Å². The molecule has 3 heterocycles. The van der Waals surface area contributed by atoms with Crippen LogP contribution in [0.5, 0.6) is 5.75 Å². The molecule has 142 valence electrons. The third-order valence-corrected chi connectivity index (χ3v) is 6.26. The molecule has 1 aliphatic heterocycles. The summed E-state index contributed by atoms with van der Waals surface area (Å²) in [5.74, 6) is 2.53. The van der Waals surface area contributed by atoms with Gasteiger partial charge >= 0.3 is 0 Å². The first-order valence-corrected chi connectivity index (χ1v) is 10.7. The van der Waals surface area contributed by atoms with Crippen LogP contribution in [0.1, 0.15) is 31.6 Å². The highest BCUT2D eigenvalue weighted by Crippen LogP contribution is 2.43. The van der Waals surface area contributed by atoms with Crippen LogP contribution in [0, 0.1) is 12.8 Å². The van der Waals surface area contributed by atoms with E-state index in [1.807, 2.05) is 19.1 Å². The molecule has 0 amide bonds. The van der Waals surface area contributed by atoms with Crippen molar-refractivity contribution in [1.29, 1.82) is 0 Å². The molecule has 1 fully saturated rings. The van der Waals surface area contributed by atoms with Gasteiger partial charge in [0.05, 0.1) is 12.0 Å². The number of thiophene rings is 1. The topological polar surface area (TPSA) is 38.3 Å². The predicted molar refractivity (Wildman–Crippen MR) is 114 cm³/mol. The Morgan fingerprint density at radius 3 is 2.74 bits per heavy atom. The molecule has 4 rings (SSSR count). The summed E-state index contributed by atoms with van der Waals surface area (Å²) in [7, 11) is 0. The SMILES string of the molecule is CCOc1ccc(-c2c(C)sc3nc(Cl)nc(N4CCCC(C)C4)c23)cc1. The first kappa shape index (κ1) is 18.5. The molecule has 2 aromatic heterocycles. The number of halogens is 1. The third kappa shape index (κ3) is 3.63. The third-order valence-electron chi connectivity index (χ3n) is 5.09. The van der Waals surface area contributed by atoms with E-state index in [4.69, 9.17) is 16.3 Å². The number of aryl methyl sites for hydroxylation is 1. The minimum Gasteiger partial charge on any atom is -0.494 e. The number of hydrogen-bond acceptors (Lipinski definition) is 5. The minimum atomic E-state index is 0.329. The van der Waals surface area contributed by atoms with E-state index in [-0.39, 0.29) is 0 Å². The molecule has 1 unspecified atom stereocenters. The number of hydrogen-bond donors (Lipinski definition) is 0. The highest BCUT2D eigenvalue weighted by molar-refractivity contribution is 7.19. The highest BCUT2D eigenvalue weighted by Gasteiger charge is 2.24. The molecule has 1 atom stereocenters. The Morgan fingerprint density at radius 2 is 2.04 bits per heavy atom. The predicted octanol–water partition coefficient (Wildman–Crippen LogP) is 5.96. The van der Waals surface area contributed by atoms with Crippen molar-refractivity contribution in [2.75, 3.05) is 24.6 Å². The lowest BCUT2D eigenvalue weighted by atomic mass is 9.99. The average molecular weight is 402 g/mol. The van der Waals surface area contributed by atoms with Crippen molar-refractivity contribution in [1.82, 2.24) is 9.97 Å². The van der Waals surface area contributed by atoms with Gasteiger partial charge in [0, 0.05) is 23.5 Å². The van der Waals surface area contributed by atoms with E-state index < -0.39 is 0 Å². The Bertz CT molecular complexity index is 954. The second-order valence-corrected chi connectivity index (χ2v) is 8.72. The van der Waals surface area contributed by atoms with Crippen molar-refractivity contribution in [2.45, 2.75) is 33.6 Å². The van der Waals surface area contributed by atoms with Gasteiger partial charge in [-0.25, -0.2) is 4.98 Å². The van der Waals surface area contributed by atoms with Crippen LogP contribution in [-0.2, 0) is 0 Å². The fraction of sp³-hybridized carbons (Fsp3) is 0.429. The zero-order chi connectivity index (χ0) is 19.0. The second kappa shape index (κ2) is 7.64. The van der Waals surface area contributed by atoms with Crippen molar-refractivity contribution < 1.29 is 4.74 Å². The Morgan fingerprint density at radius 1 is 1.26 bits per heavy atom. The summed E-state index contributed by atoms with van der Waals surface area (Å²) in [4.78, 5) is 13.8. The number of fused-ring (bicyclic) bond motifs is 1. The summed E-state index contributed by atoms with van der Waals surface area (Å²) in [5, 5.41) is 1.45. The van der Waals surface area contributed by atoms with Crippen LogP contribution in [0.15, 0.2) is 24.3 Å². The van der Waals surface area contributed by atoms with Gasteiger partial charge in [-0.05, 0) is 61.9 Å². The van der Waals surface area contributed by atoms with Crippen LogP contribution in [0.25, 0.3) is 21.3 Å². The molecule has 0 spiro atoms. The maximum absolute atomic E-state index is 6.28. The Hall–Kier alpha value is -1.85. The summed E-state index contributed by atoms with van der Waals surface area (Å²) < 4.78 is 5.59. The Balaban J connectivity index is 1.86. The van der Waals surface area contributed by atoms with E-state index >= 15 is 0 Å². The van der Waals surface area contributed by atoms with Crippen LogP contribution in [-0.4, -0.2) is 29.7 Å². The molecule has 0 saturated carbocycles. The number of aromatic nitrogens is 2. The maximum atomic E-state index is 6.28. The lowest BCUT2D eigenvalue weighted by Gasteiger charge is -2.32. The maximum Gasteiger partial charge on any atom is 0.225 e. The largest absolute Gasteiger partial charge is 0.494 e.